The number of amides is 1. The average molecular weight is 403 g/mol. The molecule has 9 nitrogen and oxygen atoms in total. The molecule has 0 radical (unpaired) electrons. The predicted molar refractivity (Wildman–Crippen MR) is 110 cm³/mol. The minimum absolute atomic E-state index is 0.105. The monoisotopic (exact) mass is 403 g/mol. The second-order valence-corrected chi connectivity index (χ2v) is 7.69. The zero-order valence-corrected chi connectivity index (χ0v) is 17.0. The summed E-state index contributed by atoms with van der Waals surface area (Å²) >= 11 is 0. The standard InChI is InChI=1S/C21H21N7O2/c1-12-11-13(2)28-21(22-12)24-17(25-28)20(30)27-10-6-9-16(27)18-23-15-8-5-4-7-14(15)19(29)26(18)3/h4-5,7-8,11,16H,6,9-10H2,1-3H3. The van der Waals surface area contributed by atoms with E-state index in [1.54, 1.807) is 27.1 Å². The molecule has 152 valence electrons. The molecule has 3 aromatic heterocycles. The number of nitrogens with zero attached hydrogens (tertiary/aromatic N) is 7. The summed E-state index contributed by atoms with van der Waals surface area (Å²) < 4.78 is 3.13. The summed E-state index contributed by atoms with van der Waals surface area (Å²) in [5.74, 6) is 0.817. The number of hydrogen-bond donors (Lipinski definition) is 0. The number of benzene rings is 1. The first-order valence-corrected chi connectivity index (χ1v) is 9.91. The van der Waals surface area contributed by atoms with Crippen molar-refractivity contribution in [1.29, 1.82) is 0 Å². The number of likely N-dealkylation sites (tertiary alicyclic amines) is 1. The molecule has 5 rings (SSSR count). The van der Waals surface area contributed by atoms with E-state index in [9.17, 15) is 9.59 Å². The lowest BCUT2D eigenvalue weighted by atomic mass is 10.1. The average Bonchev–Trinajstić information content (AvgIpc) is 3.37. The number of carbonyl (C=O) groups is 1. The lowest BCUT2D eigenvalue weighted by Crippen LogP contribution is -2.35. The summed E-state index contributed by atoms with van der Waals surface area (Å²) in [4.78, 5) is 41.3. The lowest BCUT2D eigenvalue weighted by Gasteiger charge is -2.24. The van der Waals surface area contributed by atoms with Crippen LogP contribution in [0.1, 0.15) is 46.7 Å². The van der Waals surface area contributed by atoms with Crippen LogP contribution in [0.5, 0.6) is 0 Å². The van der Waals surface area contributed by atoms with Gasteiger partial charge in [-0.2, -0.15) is 4.98 Å². The van der Waals surface area contributed by atoms with Gasteiger partial charge in [-0.3, -0.25) is 14.2 Å². The molecule has 4 aromatic rings. The molecule has 1 saturated heterocycles. The largest absolute Gasteiger partial charge is 0.326 e. The molecule has 0 N–H and O–H groups in total. The molecule has 1 atom stereocenters. The summed E-state index contributed by atoms with van der Waals surface area (Å²) in [6, 6.07) is 8.86. The maximum Gasteiger partial charge on any atom is 0.294 e. The predicted octanol–water partition coefficient (Wildman–Crippen LogP) is 1.97. The number of carbonyl (C=O) groups excluding carboxylic acids is 1. The molecule has 1 amide bonds. The Hall–Kier alpha value is -3.62. The third-order valence-corrected chi connectivity index (χ3v) is 5.64. The van der Waals surface area contributed by atoms with Gasteiger partial charge >= 0.3 is 0 Å². The van der Waals surface area contributed by atoms with E-state index in [0.717, 1.165) is 24.2 Å². The Labute approximate surface area is 172 Å². The maximum absolute atomic E-state index is 13.3. The second-order valence-electron chi connectivity index (χ2n) is 7.69. The van der Waals surface area contributed by atoms with Gasteiger partial charge in [0.25, 0.3) is 17.2 Å². The molecule has 0 bridgehead atoms. The van der Waals surface area contributed by atoms with E-state index in [0.29, 0.717) is 29.0 Å². The van der Waals surface area contributed by atoms with Gasteiger partial charge in [0, 0.05) is 25.0 Å². The van der Waals surface area contributed by atoms with E-state index in [-0.39, 0.29) is 23.3 Å². The minimum atomic E-state index is -0.304. The Morgan fingerprint density at radius 2 is 1.93 bits per heavy atom. The Morgan fingerprint density at radius 3 is 2.77 bits per heavy atom. The molecule has 1 fully saturated rings. The van der Waals surface area contributed by atoms with Gasteiger partial charge < -0.3 is 4.90 Å². The first-order chi connectivity index (χ1) is 14.4. The van der Waals surface area contributed by atoms with E-state index in [1.165, 1.54) is 0 Å². The van der Waals surface area contributed by atoms with Gasteiger partial charge in [-0.15, -0.1) is 5.10 Å². The quantitative estimate of drug-likeness (QED) is 0.507. The lowest BCUT2D eigenvalue weighted by molar-refractivity contribution is 0.0715. The Kier molecular flexibility index (Phi) is 4.12. The van der Waals surface area contributed by atoms with E-state index in [4.69, 9.17) is 4.98 Å². The molecule has 1 aliphatic heterocycles. The van der Waals surface area contributed by atoms with Crippen LogP contribution in [-0.4, -0.2) is 46.5 Å². The summed E-state index contributed by atoms with van der Waals surface area (Å²) in [6.07, 6.45) is 1.55. The Balaban J connectivity index is 1.57. The van der Waals surface area contributed by atoms with Crippen molar-refractivity contribution < 1.29 is 4.79 Å². The third kappa shape index (κ3) is 2.77. The molecule has 0 spiro atoms. The van der Waals surface area contributed by atoms with Crippen molar-refractivity contribution in [2.45, 2.75) is 32.7 Å². The molecule has 0 saturated carbocycles. The number of hydrogen-bond acceptors (Lipinski definition) is 6. The number of fused-ring (bicyclic) bond motifs is 2. The number of aryl methyl sites for hydroxylation is 2. The van der Waals surface area contributed by atoms with Crippen LogP contribution in [0.2, 0.25) is 0 Å². The molecule has 9 heteroatoms. The van der Waals surface area contributed by atoms with E-state index in [1.807, 2.05) is 38.1 Å². The fraction of sp³-hybridized carbons (Fsp3) is 0.333. The third-order valence-electron chi connectivity index (χ3n) is 5.64. The molecule has 0 aliphatic carbocycles. The summed E-state index contributed by atoms with van der Waals surface area (Å²) in [7, 11) is 1.71. The van der Waals surface area contributed by atoms with Gasteiger partial charge in [-0.1, -0.05) is 12.1 Å². The van der Waals surface area contributed by atoms with Gasteiger partial charge in [-0.25, -0.2) is 14.5 Å². The number of aromatic nitrogens is 6. The normalized spacial score (nSPS) is 16.6. The van der Waals surface area contributed by atoms with Gasteiger partial charge in [0.2, 0.25) is 5.82 Å². The number of rotatable bonds is 2. The first kappa shape index (κ1) is 18.4. The Bertz CT molecular complexity index is 1370. The molecule has 1 aromatic carbocycles. The molecule has 30 heavy (non-hydrogen) atoms. The van der Waals surface area contributed by atoms with E-state index < -0.39 is 0 Å². The molecule has 4 heterocycles. The smallest absolute Gasteiger partial charge is 0.294 e. The highest BCUT2D eigenvalue weighted by molar-refractivity contribution is 5.91. The van der Waals surface area contributed by atoms with Gasteiger partial charge in [0.05, 0.1) is 16.9 Å². The molecular formula is C21H21N7O2. The Morgan fingerprint density at radius 1 is 1.13 bits per heavy atom. The molecule has 1 aliphatic rings. The number of para-hydroxylation sites is 1. The van der Waals surface area contributed by atoms with Crippen molar-refractivity contribution >= 4 is 22.6 Å². The fourth-order valence-corrected chi connectivity index (χ4v) is 4.20. The van der Waals surface area contributed by atoms with Crippen molar-refractivity contribution in [2.75, 3.05) is 6.54 Å². The topological polar surface area (TPSA) is 98.3 Å². The zero-order valence-electron chi connectivity index (χ0n) is 17.0. The highest BCUT2D eigenvalue weighted by Gasteiger charge is 2.35. The summed E-state index contributed by atoms with van der Waals surface area (Å²) in [5, 5.41) is 4.95. The maximum atomic E-state index is 13.3. The van der Waals surface area contributed by atoms with Gasteiger partial charge in [-0.05, 0) is 44.9 Å². The van der Waals surface area contributed by atoms with Gasteiger partial charge in [0.1, 0.15) is 5.82 Å². The van der Waals surface area contributed by atoms with Crippen molar-refractivity contribution in [2.24, 2.45) is 7.05 Å². The van der Waals surface area contributed by atoms with Crippen molar-refractivity contribution in [1.82, 2.24) is 34.0 Å². The van der Waals surface area contributed by atoms with Crippen molar-refractivity contribution in [3.63, 3.8) is 0 Å². The van der Waals surface area contributed by atoms with Crippen LogP contribution >= 0.6 is 0 Å². The van der Waals surface area contributed by atoms with Crippen LogP contribution in [0.4, 0.5) is 0 Å². The first-order valence-electron chi connectivity index (χ1n) is 9.91. The van der Waals surface area contributed by atoms with Crippen LogP contribution in [0.3, 0.4) is 0 Å². The minimum Gasteiger partial charge on any atom is -0.326 e. The van der Waals surface area contributed by atoms with Crippen LogP contribution in [-0.2, 0) is 7.05 Å². The summed E-state index contributed by atoms with van der Waals surface area (Å²) in [6.45, 7) is 4.34. The highest BCUT2D eigenvalue weighted by Crippen LogP contribution is 2.31. The fourth-order valence-electron chi connectivity index (χ4n) is 4.20. The molecular weight excluding hydrogens is 382 g/mol. The van der Waals surface area contributed by atoms with Crippen LogP contribution in [0, 0.1) is 13.8 Å². The van der Waals surface area contributed by atoms with Crippen LogP contribution < -0.4 is 5.56 Å². The zero-order chi connectivity index (χ0) is 21.0. The van der Waals surface area contributed by atoms with Crippen LogP contribution in [0.15, 0.2) is 35.1 Å². The summed E-state index contributed by atoms with van der Waals surface area (Å²) in [5.41, 5.74) is 2.20. The highest BCUT2D eigenvalue weighted by atomic mass is 16.2. The van der Waals surface area contributed by atoms with E-state index in [2.05, 4.69) is 15.1 Å². The second kappa shape index (κ2) is 6.72. The van der Waals surface area contributed by atoms with Crippen LogP contribution in [0.25, 0.3) is 16.7 Å². The van der Waals surface area contributed by atoms with Gasteiger partial charge in [0.15, 0.2) is 0 Å². The van der Waals surface area contributed by atoms with Crippen molar-refractivity contribution in [3.8, 4) is 0 Å². The van der Waals surface area contributed by atoms with Crippen molar-refractivity contribution in [3.05, 3.63) is 63.7 Å². The SMILES string of the molecule is Cc1cc(C)n2nc(C(=O)N3CCCC3c3nc4ccccc4c(=O)n3C)nc2n1. The molecule has 1 unspecified atom stereocenters. The van der Waals surface area contributed by atoms with E-state index >= 15 is 0 Å².